The van der Waals surface area contributed by atoms with Crippen LogP contribution in [0.1, 0.15) is 56.7 Å². The van der Waals surface area contributed by atoms with Crippen LogP contribution in [-0.4, -0.2) is 49.1 Å². The molecule has 0 amide bonds. The third-order valence-electron chi connectivity index (χ3n) is 4.61. The fraction of sp³-hybridized carbons (Fsp3) is 0.778. The summed E-state index contributed by atoms with van der Waals surface area (Å²) in [6.07, 6.45) is 3.86. The summed E-state index contributed by atoms with van der Waals surface area (Å²) in [5.74, 6) is 2.26. The molecule has 25 heavy (non-hydrogen) atoms. The van der Waals surface area contributed by atoms with E-state index >= 15 is 0 Å². The van der Waals surface area contributed by atoms with Crippen molar-refractivity contribution in [3.05, 3.63) is 16.1 Å². The number of aromatic nitrogens is 1. The summed E-state index contributed by atoms with van der Waals surface area (Å²) < 4.78 is 0. The normalized spacial score (nSPS) is 16.8. The van der Waals surface area contributed by atoms with E-state index in [2.05, 4.69) is 51.7 Å². The van der Waals surface area contributed by atoms with E-state index in [0.717, 1.165) is 36.4 Å². The highest BCUT2D eigenvalue weighted by Crippen LogP contribution is 2.17. The molecule has 0 saturated carbocycles. The van der Waals surface area contributed by atoms with Crippen LogP contribution in [0.5, 0.6) is 0 Å². The number of rotatable bonds is 7. The predicted octanol–water partition coefficient (Wildman–Crippen LogP) is 3.67. The van der Waals surface area contributed by atoms with Crippen molar-refractivity contribution in [2.75, 3.05) is 33.2 Å². The minimum atomic E-state index is 0. The molecule has 1 aromatic heterocycles. The quantitative estimate of drug-likeness (QED) is 0.271. The van der Waals surface area contributed by atoms with Gasteiger partial charge in [0.05, 0.1) is 12.2 Å². The summed E-state index contributed by atoms with van der Waals surface area (Å²) in [5.41, 5.74) is 1.18. The molecule has 1 saturated heterocycles. The average Bonchev–Trinajstić information content (AvgIpc) is 3.05. The van der Waals surface area contributed by atoms with E-state index in [1.54, 1.807) is 11.3 Å². The Kier molecular flexibility index (Phi) is 10.9. The van der Waals surface area contributed by atoms with Crippen LogP contribution in [0.3, 0.4) is 0 Å². The Bertz CT molecular complexity index is 509. The molecule has 2 N–H and O–H groups in total. The van der Waals surface area contributed by atoms with Crippen LogP contribution in [0.2, 0.25) is 0 Å². The summed E-state index contributed by atoms with van der Waals surface area (Å²) in [6.45, 7) is 12.1. The number of likely N-dealkylation sites (tertiary alicyclic amines) is 1. The predicted molar refractivity (Wildman–Crippen MR) is 119 cm³/mol. The zero-order chi connectivity index (χ0) is 17.4. The van der Waals surface area contributed by atoms with Crippen molar-refractivity contribution < 1.29 is 0 Å². The van der Waals surface area contributed by atoms with E-state index < -0.39 is 0 Å². The molecule has 144 valence electrons. The molecule has 0 radical (unpaired) electrons. The van der Waals surface area contributed by atoms with Crippen LogP contribution in [-0.2, 0) is 6.54 Å². The first-order valence-electron chi connectivity index (χ1n) is 9.19. The van der Waals surface area contributed by atoms with E-state index in [1.807, 2.05) is 7.05 Å². The van der Waals surface area contributed by atoms with Gasteiger partial charge in [0.2, 0.25) is 0 Å². The molecular weight excluding hydrogens is 445 g/mol. The van der Waals surface area contributed by atoms with Crippen molar-refractivity contribution in [3.63, 3.8) is 0 Å². The summed E-state index contributed by atoms with van der Waals surface area (Å²) in [4.78, 5) is 11.5. The molecule has 1 aliphatic heterocycles. The number of aliphatic imine (C=N–C) groups is 1. The lowest BCUT2D eigenvalue weighted by Gasteiger charge is -2.30. The van der Waals surface area contributed by atoms with Crippen LogP contribution in [0.15, 0.2) is 10.4 Å². The topological polar surface area (TPSA) is 52.6 Å². The number of hydrogen-bond donors (Lipinski definition) is 2. The van der Waals surface area contributed by atoms with Crippen LogP contribution in [0, 0.1) is 5.92 Å². The lowest BCUT2D eigenvalue weighted by atomic mass is 9.99. The Labute approximate surface area is 174 Å². The number of halogens is 1. The zero-order valence-corrected chi connectivity index (χ0v) is 19.2. The van der Waals surface area contributed by atoms with E-state index in [0.29, 0.717) is 5.92 Å². The smallest absolute Gasteiger partial charge is 0.191 e. The highest BCUT2D eigenvalue weighted by molar-refractivity contribution is 14.0. The molecular formula is C18H34IN5S. The molecule has 0 aromatic carbocycles. The summed E-state index contributed by atoms with van der Waals surface area (Å²) in [7, 11) is 1.82. The Morgan fingerprint density at radius 2 is 2.08 bits per heavy atom. The molecule has 2 rings (SSSR count). The van der Waals surface area contributed by atoms with Crippen LogP contribution >= 0.6 is 35.3 Å². The second-order valence-electron chi connectivity index (χ2n) is 7.05. The van der Waals surface area contributed by atoms with E-state index in [-0.39, 0.29) is 24.0 Å². The number of nitrogens with zero attached hydrogens (tertiary/aromatic N) is 3. The van der Waals surface area contributed by atoms with Gasteiger partial charge in [-0.1, -0.05) is 20.8 Å². The zero-order valence-electron chi connectivity index (χ0n) is 16.0. The van der Waals surface area contributed by atoms with Gasteiger partial charge in [0, 0.05) is 19.0 Å². The number of piperidine rings is 1. The third kappa shape index (κ3) is 8.21. The lowest BCUT2D eigenvalue weighted by Crippen LogP contribution is -2.39. The van der Waals surface area contributed by atoms with Gasteiger partial charge in [-0.05, 0) is 50.7 Å². The molecule has 5 nitrogen and oxygen atoms in total. The molecule has 0 unspecified atom stereocenters. The number of guanidine groups is 1. The van der Waals surface area contributed by atoms with Gasteiger partial charge in [0.25, 0.3) is 0 Å². The first-order chi connectivity index (χ1) is 11.6. The van der Waals surface area contributed by atoms with Crippen molar-refractivity contribution >= 4 is 41.3 Å². The van der Waals surface area contributed by atoms with Crippen molar-refractivity contribution in [3.8, 4) is 0 Å². The summed E-state index contributed by atoms with van der Waals surface area (Å²) in [6, 6.07) is 0. The van der Waals surface area contributed by atoms with Gasteiger partial charge < -0.3 is 15.5 Å². The largest absolute Gasteiger partial charge is 0.356 e. The third-order valence-corrected chi connectivity index (χ3v) is 5.48. The molecule has 2 heterocycles. The second-order valence-corrected chi connectivity index (χ2v) is 7.99. The summed E-state index contributed by atoms with van der Waals surface area (Å²) >= 11 is 1.71. The van der Waals surface area contributed by atoms with Gasteiger partial charge in [0.1, 0.15) is 5.01 Å². The Hall–Kier alpha value is -0.410. The maximum absolute atomic E-state index is 4.65. The van der Waals surface area contributed by atoms with Gasteiger partial charge in [-0.15, -0.1) is 35.3 Å². The monoisotopic (exact) mass is 479 g/mol. The van der Waals surface area contributed by atoms with Crippen LogP contribution in [0.25, 0.3) is 0 Å². The fourth-order valence-electron chi connectivity index (χ4n) is 2.85. The highest BCUT2D eigenvalue weighted by Gasteiger charge is 2.14. The average molecular weight is 479 g/mol. The minimum absolute atomic E-state index is 0. The molecule has 1 fully saturated rings. The lowest BCUT2D eigenvalue weighted by molar-refractivity contribution is 0.191. The second kappa shape index (κ2) is 12.1. The first kappa shape index (κ1) is 22.6. The Morgan fingerprint density at radius 1 is 1.36 bits per heavy atom. The molecule has 0 aliphatic carbocycles. The SMILES string of the molecule is CN=C(NCCCN1CCC(C)CC1)NCc1nc(C(C)C)cs1.I. The highest BCUT2D eigenvalue weighted by atomic mass is 127. The van der Waals surface area contributed by atoms with Gasteiger partial charge >= 0.3 is 0 Å². The maximum atomic E-state index is 4.65. The van der Waals surface area contributed by atoms with Crippen LogP contribution < -0.4 is 10.6 Å². The van der Waals surface area contributed by atoms with Crippen molar-refractivity contribution in [1.29, 1.82) is 0 Å². The molecule has 0 atom stereocenters. The van der Waals surface area contributed by atoms with E-state index in [1.165, 1.54) is 38.2 Å². The number of nitrogens with one attached hydrogen (secondary N) is 2. The number of thiazole rings is 1. The number of hydrogen-bond acceptors (Lipinski definition) is 4. The van der Waals surface area contributed by atoms with E-state index in [4.69, 9.17) is 0 Å². The fourth-order valence-corrected chi connectivity index (χ4v) is 3.74. The standard InChI is InChI=1S/C18H33N5S.HI/c1-14(2)16-13-24-17(22-16)12-21-18(19-4)20-8-5-9-23-10-6-15(3)7-11-23;/h13-15H,5-12H2,1-4H3,(H2,19,20,21);1H. The Balaban J connectivity index is 0.00000312. The maximum Gasteiger partial charge on any atom is 0.191 e. The van der Waals surface area contributed by atoms with Gasteiger partial charge in [-0.3, -0.25) is 4.99 Å². The van der Waals surface area contributed by atoms with E-state index in [9.17, 15) is 0 Å². The molecule has 0 bridgehead atoms. The van der Waals surface area contributed by atoms with Gasteiger partial charge in [-0.2, -0.15) is 0 Å². The Morgan fingerprint density at radius 3 is 2.68 bits per heavy atom. The van der Waals surface area contributed by atoms with Crippen molar-refractivity contribution in [1.82, 2.24) is 20.5 Å². The summed E-state index contributed by atoms with van der Waals surface area (Å²) in [5, 5.41) is 10.0. The minimum Gasteiger partial charge on any atom is -0.356 e. The van der Waals surface area contributed by atoms with Crippen molar-refractivity contribution in [2.24, 2.45) is 10.9 Å². The van der Waals surface area contributed by atoms with Crippen LogP contribution in [0.4, 0.5) is 0 Å². The van der Waals surface area contributed by atoms with Gasteiger partial charge in [-0.25, -0.2) is 4.98 Å². The molecule has 0 spiro atoms. The van der Waals surface area contributed by atoms with Crippen molar-refractivity contribution in [2.45, 2.75) is 52.5 Å². The molecule has 1 aromatic rings. The molecule has 1 aliphatic rings. The molecule has 7 heteroatoms. The van der Waals surface area contributed by atoms with Gasteiger partial charge in [0.15, 0.2) is 5.96 Å². The first-order valence-corrected chi connectivity index (χ1v) is 10.1.